The van der Waals surface area contributed by atoms with Gasteiger partial charge in [0.2, 0.25) is 0 Å². The molecule has 0 aliphatic rings. The highest BCUT2D eigenvalue weighted by atomic mass is 32.1. The zero-order valence-corrected chi connectivity index (χ0v) is 8.36. The highest BCUT2D eigenvalue weighted by Crippen LogP contribution is 2.26. The fraction of sp³-hybridized carbons (Fsp3) is 0.200. The van der Waals surface area contributed by atoms with Crippen molar-refractivity contribution in [2.24, 2.45) is 0 Å². The number of aryl methyl sites for hydroxylation is 1. The Morgan fingerprint density at radius 3 is 3.00 bits per heavy atom. The molecule has 0 spiro atoms. The van der Waals surface area contributed by atoms with Gasteiger partial charge in [0.15, 0.2) is 0 Å². The van der Waals surface area contributed by atoms with Crippen LogP contribution in [0.25, 0.3) is 10.2 Å². The standard InChI is InChI=1S/C10H7FN2S/c1-2-9-13-10-6(5-12)7(11)3-4-8(10)14-9/h3-4H,2H2,1H3. The van der Waals surface area contributed by atoms with Gasteiger partial charge >= 0.3 is 0 Å². The molecule has 0 bridgehead atoms. The maximum Gasteiger partial charge on any atom is 0.143 e. The van der Waals surface area contributed by atoms with Crippen molar-refractivity contribution in [3.05, 3.63) is 28.5 Å². The van der Waals surface area contributed by atoms with E-state index in [9.17, 15) is 4.39 Å². The zero-order chi connectivity index (χ0) is 10.1. The third kappa shape index (κ3) is 1.26. The lowest BCUT2D eigenvalue weighted by atomic mass is 10.2. The zero-order valence-electron chi connectivity index (χ0n) is 7.54. The third-order valence-electron chi connectivity index (χ3n) is 1.97. The van der Waals surface area contributed by atoms with Crippen molar-refractivity contribution in [2.75, 3.05) is 0 Å². The Morgan fingerprint density at radius 1 is 1.57 bits per heavy atom. The first-order valence-electron chi connectivity index (χ1n) is 4.24. The largest absolute Gasteiger partial charge is 0.240 e. The Bertz CT molecular complexity index is 525. The SMILES string of the molecule is CCc1nc2c(C#N)c(F)ccc2s1. The van der Waals surface area contributed by atoms with Crippen molar-refractivity contribution >= 4 is 21.6 Å². The number of benzene rings is 1. The van der Waals surface area contributed by atoms with E-state index in [4.69, 9.17) is 5.26 Å². The van der Waals surface area contributed by atoms with Crippen LogP contribution in [0.4, 0.5) is 4.39 Å². The number of hydrogen-bond acceptors (Lipinski definition) is 3. The molecule has 2 nitrogen and oxygen atoms in total. The van der Waals surface area contributed by atoms with Crippen LogP contribution in [0, 0.1) is 17.1 Å². The average molecular weight is 206 g/mol. The van der Waals surface area contributed by atoms with Gasteiger partial charge in [0.1, 0.15) is 23.0 Å². The molecule has 0 radical (unpaired) electrons. The molecular weight excluding hydrogens is 199 g/mol. The van der Waals surface area contributed by atoms with Crippen LogP contribution in [0.5, 0.6) is 0 Å². The summed E-state index contributed by atoms with van der Waals surface area (Å²) in [5.41, 5.74) is 0.549. The molecule has 0 amide bonds. The smallest absolute Gasteiger partial charge is 0.143 e. The maximum atomic E-state index is 13.2. The van der Waals surface area contributed by atoms with E-state index in [1.807, 2.05) is 13.0 Å². The second-order valence-electron chi connectivity index (χ2n) is 2.84. The maximum absolute atomic E-state index is 13.2. The summed E-state index contributed by atoms with van der Waals surface area (Å²) in [6, 6.07) is 4.83. The van der Waals surface area contributed by atoms with Crippen LogP contribution >= 0.6 is 11.3 Å². The normalized spacial score (nSPS) is 10.4. The fourth-order valence-electron chi connectivity index (χ4n) is 1.27. The van der Waals surface area contributed by atoms with Crippen LogP contribution in [0.15, 0.2) is 12.1 Å². The minimum absolute atomic E-state index is 0.0541. The summed E-state index contributed by atoms with van der Waals surface area (Å²) in [5, 5.41) is 9.71. The Labute approximate surface area is 84.6 Å². The highest BCUT2D eigenvalue weighted by molar-refractivity contribution is 7.18. The van der Waals surface area contributed by atoms with E-state index in [1.54, 1.807) is 6.07 Å². The van der Waals surface area contributed by atoms with Crippen LogP contribution in [-0.2, 0) is 6.42 Å². The molecule has 0 aliphatic carbocycles. The predicted molar refractivity (Wildman–Crippen MR) is 53.7 cm³/mol. The summed E-state index contributed by atoms with van der Waals surface area (Å²) in [5.74, 6) is -0.493. The van der Waals surface area contributed by atoms with E-state index in [-0.39, 0.29) is 5.56 Å². The van der Waals surface area contributed by atoms with Gasteiger partial charge in [0.05, 0.1) is 9.71 Å². The second-order valence-corrected chi connectivity index (χ2v) is 3.96. The van der Waals surface area contributed by atoms with Crippen molar-refractivity contribution in [3.63, 3.8) is 0 Å². The van der Waals surface area contributed by atoms with Gasteiger partial charge in [-0.05, 0) is 18.6 Å². The van der Waals surface area contributed by atoms with Gasteiger partial charge in [-0.1, -0.05) is 6.92 Å². The lowest BCUT2D eigenvalue weighted by Gasteiger charge is -1.92. The number of aromatic nitrogens is 1. The van der Waals surface area contributed by atoms with E-state index in [0.29, 0.717) is 5.52 Å². The molecule has 0 atom stereocenters. The fourth-order valence-corrected chi connectivity index (χ4v) is 2.19. The third-order valence-corrected chi connectivity index (χ3v) is 3.13. The summed E-state index contributed by atoms with van der Waals surface area (Å²) in [6.45, 7) is 1.99. The molecule has 0 fully saturated rings. The van der Waals surface area contributed by atoms with Gasteiger partial charge in [0, 0.05) is 0 Å². The summed E-state index contributed by atoms with van der Waals surface area (Å²) in [4.78, 5) is 4.22. The molecule has 2 aromatic rings. The molecule has 70 valence electrons. The van der Waals surface area contributed by atoms with Gasteiger partial charge < -0.3 is 0 Å². The first-order chi connectivity index (χ1) is 6.76. The average Bonchev–Trinajstić information content (AvgIpc) is 2.60. The highest BCUT2D eigenvalue weighted by Gasteiger charge is 2.11. The van der Waals surface area contributed by atoms with Crippen LogP contribution in [0.3, 0.4) is 0 Å². The van der Waals surface area contributed by atoms with Gasteiger partial charge in [-0.2, -0.15) is 5.26 Å². The summed E-state index contributed by atoms with van der Waals surface area (Å²) < 4.78 is 14.1. The van der Waals surface area contributed by atoms with Crippen LogP contribution < -0.4 is 0 Å². The number of halogens is 1. The van der Waals surface area contributed by atoms with Gasteiger partial charge in [-0.15, -0.1) is 11.3 Å². The summed E-state index contributed by atoms with van der Waals surface area (Å²) in [7, 11) is 0. The minimum Gasteiger partial charge on any atom is -0.240 e. The van der Waals surface area contributed by atoms with Gasteiger partial charge in [0.25, 0.3) is 0 Å². The van der Waals surface area contributed by atoms with E-state index < -0.39 is 5.82 Å². The van der Waals surface area contributed by atoms with Gasteiger partial charge in [-0.3, -0.25) is 0 Å². The van der Waals surface area contributed by atoms with Crippen molar-refractivity contribution in [1.29, 1.82) is 5.26 Å². The molecule has 2 rings (SSSR count). The van der Waals surface area contributed by atoms with E-state index >= 15 is 0 Å². The number of rotatable bonds is 1. The predicted octanol–water partition coefficient (Wildman–Crippen LogP) is 2.87. The van der Waals surface area contributed by atoms with Crippen LogP contribution in [-0.4, -0.2) is 4.98 Å². The Balaban J connectivity index is 2.81. The summed E-state index contributed by atoms with van der Waals surface area (Å²) in [6.07, 6.45) is 0.811. The first-order valence-corrected chi connectivity index (χ1v) is 5.06. The molecule has 0 unspecified atom stereocenters. The van der Waals surface area contributed by atoms with E-state index in [0.717, 1.165) is 16.1 Å². The van der Waals surface area contributed by atoms with Crippen molar-refractivity contribution in [1.82, 2.24) is 4.98 Å². The van der Waals surface area contributed by atoms with Crippen LogP contribution in [0.1, 0.15) is 17.5 Å². The van der Waals surface area contributed by atoms with Crippen molar-refractivity contribution in [3.8, 4) is 6.07 Å². The molecule has 0 N–H and O–H groups in total. The molecule has 1 aromatic heterocycles. The topological polar surface area (TPSA) is 36.7 Å². The molecule has 0 saturated heterocycles. The molecule has 1 aromatic carbocycles. The van der Waals surface area contributed by atoms with Crippen molar-refractivity contribution in [2.45, 2.75) is 13.3 Å². The Hall–Kier alpha value is -1.47. The summed E-state index contributed by atoms with van der Waals surface area (Å²) >= 11 is 1.51. The number of thiazole rings is 1. The lowest BCUT2D eigenvalue weighted by Crippen LogP contribution is -1.85. The van der Waals surface area contributed by atoms with E-state index in [2.05, 4.69) is 4.98 Å². The molecule has 0 aliphatic heterocycles. The van der Waals surface area contributed by atoms with E-state index in [1.165, 1.54) is 17.4 Å². The Kier molecular flexibility index (Phi) is 2.18. The Morgan fingerprint density at radius 2 is 2.36 bits per heavy atom. The number of nitriles is 1. The monoisotopic (exact) mass is 206 g/mol. The number of hydrogen-bond donors (Lipinski definition) is 0. The quantitative estimate of drug-likeness (QED) is 0.719. The molecule has 14 heavy (non-hydrogen) atoms. The number of fused-ring (bicyclic) bond motifs is 1. The van der Waals surface area contributed by atoms with Crippen molar-refractivity contribution < 1.29 is 4.39 Å². The molecular formula is C10H7FN2S. The number of nitrogens with zero attached hydrogens (tertiary/aromatic N) is 2. The lowest BCUT2D eigenvalue weighted by molar-refractivity contribution is 0.626. The first kappa shape index (κ1) is 9.10. The minimum atomic E-state index is -0.493. The van der Waals surface area contributed by atoms with Gasteiger partial charge in [-0.25, -0.2) is 9.37 Å². The molecule has 1 heterocycles. The molecule has 0 saturated carbocycles. The second kappa shape index (κ2) is 3.35. The molecule has 4 heteroatoms. The van der Waals surface area contributed by atoms with Crippen LogP contribution in [0.2, 0.25) is 0 Å².